The second-order valence-corrected chi connectivity index (χ2v) is 7.73. The van der Waals surface area contributed by atoms with Gasteiger partial charge in [0.2, 0.25) is 0 Å². The van der Waals surface area contributed by atoms with Crippen LogP contribution in [0.2, 0.25) is 0 Å². The van der Waals surface area contributed by atoms with Gasteiger partial charge >= 0.3 is 0 Å². The summed E-state index contributed by atoms with van der Waals surface area (Å²) in [6.07, 6.45) is 3.55. The van der Waals surface area contributed by atoms with Gasteiger partial charge in [-0.3, -0.25) is 0 Å². The Hall–Kier alpha value is -1.58. The second-order valence-electron chi connectivity index (χ2n) is 4.65. The van der Waals surface area contributed by atoms with Crippen molar-refractivity contribution < 1.29 is 8.42 Å². The van der Waals surface area contributed by atoms with Crippen molar-refractivity contribution in [3.63, 3.8) is 0 Å². The van der Waals surface area contributed by atoms with Crippen molar-refractivity contribution in [1.82, 2.24) is 20.5 Å². The van der Waals surface area contributed by atoms with Gasteiger partial charge < -0.3 is 5.32 Å². The average Bonchev–Trinajstić information content (AvgIpc) is 2.88. The van der Waals surface area contributed by atoms with Crippen LogP contribution in [0.3, 0.4) is 0 Å². The van der Waals surface area contributed by atoms with Crippen molar-refractivity contribution in [3.8, 4) is 0 Å². The van der Waals surface area contributed by atoms with Gasteiger partial charge in [-0.2, -0.15) is 5.10 Å². The van der Waals surface area contributed by atoms with Gasteiger partial charge in [0.15, 0.2) is 0 Å². The molecule has 0 radical (unpaired) electrons. The van der Waals surface area contributed by atoms with Crippen LogP contribution in [0.4, 0.5) is 5.95 Å². The molecule has 0 aliphatic carbocycles. The number of sulfonamides is 1. The number of hydrogen-bond donors (Lipinski definition) is 2. The number of rotatable bonds is 7. The van der Waals surface area contributed by atoms with Crippen LogP contribution in [-0.4, -0.2) is 36.2 Å². The van der Waals surface area contributed by atoms with Crippen LogP contribution in [0.5, 0.6) is 0 Å². The fraction of sp³-hybridized carbons (Fsp3) is 0.417. The normalized spacial score (nSPS) is 11.8. The van der Waals surface area contributed by atoms with Crippen molar-refractivity contribution in [2.24, 2.45) is 0 Å². The van der Waals surface area contributed by atoms with Crippen molar-refractivity contribution in [2.75, 3.05) is 11.3 Å². The summed E-state index contributed by atoms with van der Waals surface area (Å²) in [7, 11) is -3.65. The molecule has 21 heavy (non-hydrogen) atoms. The maximum Gasteiger partial charge on any atom is 0.273 e. The Morgan fingerprint density at radius 3 is 2.76 bits per heavy atom. The lowest BCUT2D eigenvalue weighted by Gasteiger charge is -2.06. The lowest BCUT2D eigenvalue weighted by Crippen LogP contribution is -2.24. The largest absolute Gasteiger partial charge is 0.314 e. The lowest BCUT2D eigenvalue weighted by molar-refractivity contribution is 0.592. The Labute approximate surface area is 127 Å². The van der Waals surface area contributed by atoms with E-state index in [4.69, 9.17) is 0 Å². The van der Waals surface area contributed by atoms with E-state index in [1.165, 1.54) is 23.7 Å². The predicted molar refractivity (Wildman–Crippen MR) is 81.8 cm³/mol. The summed E-state index contributed by atoms with van der Waals surface area (Å²) in [5.41, 5.74) is 0. The number of nitrogens with one attached hydrogen (secondary N) is 2. The van der Waals surface area contributed by atoms with E-state index < -0.39 is 10.0 Å². The SMILES string of the molecule is CC(C)NCCc1ccc(S(=O)(=O)Nc2nccnn2)s1. The smallest absolute Gasteiger partial charge is 0.273 e. The van der Waals surface area contributed by atoms with Gasteiger partial charge in [-0.25, -0.2) is 18.1 Å². The molecule has 0 atom stereocenters. The van der Waals surface area contributed by atoms with Gasteiger partial charge in [0, 0.05) is 17.5 Å². The summed E-state index contributed by atoms with van der Waals surface area (Å²) >= 11 is 1.24. The molecule has 0 fully saturated rings. The van der Waals surface area contributed by atoms with Crippen LogP contribution in [0, 0.1) is 0 Å². The molecule has 0 aliphatic heterocycles. The minimum absolute atomic E-state index is 0.0334. The van der Waals surface area contributed by atoms with Crippen molar-refractivity contribution in [2.45, 2.75) is 30.5 Å². The molecule has 0 bridgehead atoms. The fourth-order valence-electron chi connectivity index (χ4n) is 1.59. The van der Waals surface area contributed by atoms with E-state index in [-0.39, 0.29) is 10.2 Å². The molecule has 0 saturated carbocycles. The fourth-order valence-corrected chi connectivity index (χ4v) is 3.89. The summed E-state index contributed by atoms with van der Waals surface area (Å²) in [5.74, 6) is -0.0334. The summed E-state index contributed by atoms with van der Waals surface area (Å²) in [6, 6.07) is 3.83. The van der Waals surface area contributed by atoms with E-state index in [1.807, 2.05) is 6.07 Å². The summed E-state index contributed by atoms with van der Waals surface area (Å²) in [6.45, 7) is 4.96. The Morgan fingerprint density at radius 2 is 2.10 bits per heavy atom. The summed E-state index contributed by atoms with van der Waals surface area (Å²) in [5, 5.41) is 10.5. The van der Waals surface area contributed by atoms with Crippen LogP contribution < -0.4 is 10.0 Å². The zero-order valence-corrected chi connectivity index (χ0v) is 13.4. The molecular formula is C12H17N5O2S2. The third-order valence-electron chi connectivity index (χ3n) is 2.53. The lowest BCUT2D eigenvalue weighted by atomic mass is 10.3. The first-order chi connectivity index (χ1) is 9.97. The molecule has 2 aromatic heterocycles. The number of hydrogen-bond acceptors (Lipinski definition) is 7. The van der Waals surface area contributed by atoms with E-state index >= 15 is 0 Å². The second kappa shape index (κ2) is 6.92. The first kappa shape index (κ1) is 15.8. The van der Waals surface area contributed by atoms with E-state index in [9.17, 15) is 8.42 Å². The van der Waals surface area contributed by atoms with E-state index in [2.05, 4.69) is 39.1 Å². The number of anilines is 1. The molecule has 7 nitrogen and oxygen atoms in total. The number of nitrogens with zero attached hydrogens (tertiary/aromatic N) is 3. The molecule has 0 aromatic carbocycles. The van der Waals surface area contributed by atoms with E-state index in [0.29, 0.717) is 6.04 Å². The molecule has 2 rings (SSSR count). The molecule has 2 heterocycles. The quantitative estimate of drug-likeness (QED) is 0.795. The Kier molecular flexibility index (Phi) is 5.21. The highest BCUT2D eigenvalue weighted by Crippen LogP contribution is 2.23. The number of aromatic nitrogens is 3. The van der Waals surface area contributed by atoms with Crippen LogP contribution in [0.25, 0.3) is 0 Å². The van der Waals surface area contributed by atoms with Crippen molar-refractivity contribution in [1.29, 1.82) is 0 Å². The Morgan fingerprint density at radius 1 is 1.29 bits per heavy atom. The standard InChI is InChI=1S/C12H17N5O2S2/c1-9(2)13-6-5-10-3-4-11(20-10)21(18,19)17-12-14-7-8-15-16-12/h3-4,7-9,13H,5-6H2,1-2H3,(H,14,16,17). The Bertz CT molecular complexity index is 670. The van der Waals surface area contributed by atoms with E-state index in [1.54, 1.807) is 6.07 Å². The topological polar surface area (TPSA) is 96.9 Å². The Balaban J connectivity index is 2.02. The molecular weight excluding hydrogens is 310 g/mol. The van der Waals surface area contributed by atoms with Gasteiger partial charge in [-0.1, -0.05) is 13.8 Å². The molecule has 2 aromatic rings. The first-order valence-electron chi connectivity index (χ1n) is 6.46. The van der Waals surface area contributed by atoms with Crippen LogP contribution in [0.15, 0.2) is 28.7 Å². The van der Waals surface area contributed by atoms with Gasteiger partial charge in [0.1, 0.15) is 4.21 Å². The highest BCUT2D eigenvalue weighted by Gasteiger charge is 2.18. The zero-order valence-electron chi connectivity index (χ0n) is 11.8. The van der Waals surface area contributed by atoms with E-state index in [0.717, 1.165) is 17.8 Å². The van der Waals surface area contributed by atoms with Gasteiger partial charge in [-0.05, 0) is 18.6 Å². The first-order valence-corrected chi connectivity index (χ1v) is 8.76. The third kappa shape index (κ3) is 4.73. The molecule has 0 unspecified atom stereocenters. The summed E-state index contributed by atoms with van der Waals surface area (Å²) in [4.78, 5) is 4.81. The maximum atomic E-state index is 12.2. The minimum atomic E-state index is -3.65. The molecule has 2 N–H and O–H groups in total. The van der Waals surface area contributed by atoms with Crippen molar-refractivity contribution in [3.05, 3.63) is 29.4 Å². The van der Waals surface area contributed by atoms with Gasteiger partial charge in [0.05, 0.1) is 12.4 Å². The molecule has 0 aliphatic rings. The highest BCUT2D eigenvalue weighted by atomic mass is 32.2. The third-order valence-corrected chi connectivity index (χ3v) is 5.50. The van der Waals surface area contributed by atoms with Crippen LogP contribution in [0.1, 0.15) is 18.7 Å². The monoisotopic (exact) mass is 327 g/mol. The van der Waals surface area contributed by atoms with Crippen LogP contribution in [-0.2, 0) is 16.4 Å². The molecule has 0 saturated heterocycles. The predicted octanol–water partition coefficient (Wildman–Crippen LogP) is 1.27. The highest BCUT2D eigenvalue weighted by molar-refractivity contribution is 7.94. The summed E-state index contributed by atoms with van der Waals surface area (Å²) < 4.78 is 26.9. The van der Waals surface area contributed by atoms with Gasteiger partial charge in [-0.15, -0.1) is 16.4 Å². The molecule has 0 spiro atoms. The molecule has 9 heteroatoms. The van der Waals surface area contributed by atoms with Crippen molar-refractivity contribution >= 4 is 27.3 Å². The van der Waals surface area contributed by atoms with Crippen LogP contribution >= 0.6 is 11.3 Å². The number of thiophene rings is 1. The zero-order chi connectivity index (χ0) is 15.3. The maximum absolute atomic E-state index is 12.2. The average molecular weight is 327 g/mol. The minimum Gasteiger partial charge on any atom is -0.314 e. The van der Waals surface area contributed by atoms with Gasteiger partial charge in [0.25, 0.3) is 16.0 Å². The molecule has 0 amide bonds. The molecule has 114 valence electrons.